The number of carbonyl (C=O) groups excluding carboxylic acids is 2. The molecule has 0 aromatic heterocycles. The van der Waals surface area contributed by atoms with E-state index in [0.717, 1.165) is 39.5 Å². The zero-order chi connectivity index (χ0) is 19.6. The number of methoxy groups -OCH3 is 1. The Morgan fingerprint density at radius 2 is 1.88 bits per heavy atom. The molecule has 0 heterocycles. The molecule has 1 unspecified atom stereocenters. The highest BCUT2D eigenvalue weighted by atomic mass is 19.2. The topological polar surface area (TPSA) is 98.9 Å². The van der Waals surface area contributed by atoms with Crippen molar-refractivity contribution in [3.63, 3.8) is 0 Å². The molecule has 2 rings (SSSR count). The van der Waals surface area contributed by atoms with Crippen LogP contribution in [0.2, 0.25) is 0 Å². The molecule has 0 aliphatic heterocycles. The van der Waals surface area contributed by atoms with Gasteiger partial charge in [-0.25, -0.2) is 8.78 Å². The monoisotopic (exact) mass is 372 g/mol. The van der Waals surface area contributed by atoms with Crippen LogP contribution in [0.4, 0.5) is 18.9 Å². The molecule has 0 amide bonds. The first-order chi connectivity index (χ1) is 12.2. The van der Waals surface area contributed by atoms with Crippen molar-refractivity contribution < 1.29 is 32.4 Å². The number of halogens is 3. The summed E-state index contributed by atoms with van der Waals surface area (Å²) < 4.78 is 46.4. The van der Waals surface area contributed by atoms with Gasteiger partial charge in [-0.05, 0) is 26.2 Å². The first-order valence-electron chi connectivity index (χ1n) is 7.67. The van der Waals surface area contributed by atoms with Gasteiger partial charge in [0.25, 0.3) is 0 Å². The molecule has 0 saturated heterocycles. The number of hydrogen-bond acceptors (Lipinski definition) is 6. The molecule has 1 fully saturated rings. The second kappa shape index (κ2) is 7.63. The maximum absolute atomic E-state index is 14.4. The highest BCUT2D eigenvalue weighted by molar-refractivity contribution is 6.20. The molecule has 1 saturated carbocycles. The lowest BCUT2D eigenvalue weighted by Gasteiger charge is -2.21. The number of ether oxygens (including phenoxy) is 1. The van der Waals surface area contributed by atoms with Crippen LogP contribution >= 0.6 is 0 Å². The minimum atomic E-state index is -1.98. The van der Waals surface area contributed by atoms with Gasteiger partial charge < -0.3 is 4.74 Å². The summed E-state index contributed by atoms with van der Waals surface area (Å²) in [7, 11) is 0.959. The molecule has 1 aromatic carbocycles. The first kappa shape index (κ1) is 19.5. The lowest BCUT2D eigenvalue weighted by molar-refractivity contribution is -0.388. The van der Waals surface area contributed by atoms with Gasteiger partial charge in [-0.15, -0.1) is 0 Å². The van der Waals surface area contributed by atoms with E-state index in [1.165, 1.54) is 0 Å². The number of rotatable bonds is 6. The van der Waals surface area contributed by atoms with E-state index < -0.39 is 56.9 Å². The van der Waals surface area contributed by atoms with E-state index >= 15 is 0 Å². The number of nitro groups is 1. The standard InChI is InChI=1S/C16H15F3N2O5/c1-7-11(17)10(14(21(24)25)13(19)12(7)18)15(22)9(16(23)26-2)6-20-8-4-3-5-8/h6,8-9H,3-5H2,1-2H3. The highest BCUT2D eigenvalue weighted by Crippen LogP contribution is 2.32. The molecule has 1 aromatic rings. The maximum atomic E-state index is 14.4. The summed E-state index contributed by atoms with van der Waals surface area (Å²) in [6.45, 7) is 0.823. The lowest BCUT2D eigenvalue weighted by Crippen LogP contribution is -2.30. The molecule has 0 N–H and O–H groups in total. The fourth-order valence-electron chi connectivity index (χ4n) is 2.42. The Labute approximate surface area is 146 Å². The van der Waals surface area contributed by atoms with Gasteiger partial charge in [-0.1, -0.05) is 0 Å². The molecule has 0 radical (unpaired) electrons. The molecule has 0 spiro atoms. The van der Waals surface area contributed by atoms with Crippen molar-refractivity contribution in [1.82, 2.24) is 0 Å². The molecule has 1 aliphatic rings. The summed E-state index contributed by atoms with van der Waals surface area (Å²) in [6.07, 6.45) is 3.30. The number of esters is 1. The first-order valence-corrected chi connectivity index (χ1v) is 7.67. The van der Waals surface area contributed by atoms with Gasteiger partial charge >= 0.3 is 11.7 Å². The number of hydrogen-bond donors (Lipinski definition) is 0. The summed E-state index contributed by atoms with van der Waals surface area (Å²) in [6, 6.07) is -0.124. The van der Waals surface area contributed by atoms with Gasteiger partial charge in [0.15, 0.2) is 17.5 Å². The largest absolute Gasteiger partial charge is 0.468 e. The van der Waals surface area contributed by atoms with Gasteiger partial charge in [0, 0.05) is 17.8 Å². The summed E-state index contributed by atoms with van der Waals surface area (Å²) in [5.74, 6) is -9.73. The van der Waals surface area contributed by atoms with Crippen molar-refractivity contribution in [2.45, 2.75) is 32.2 Å². The van der Waals surface area contributed by atoms with Crippen LogP contribution in [-0.2, 0) is 9.53 Å². The summed E-state index contributed by atoms with van der Waals surface area (Å²) in [4.78, 5) is 38.2. The van der Waals surface area contributed by atoms with Crippen molar-refractivity contribution in [2.75, 3.05) is 7.11 Å². The lowest BCUT2D eigenvalue weighted by atomic mass is 9.92. The molecule has 26 heavy (non-hydrogen) atoms. The van der Waals surface area contributed by atoms with E-state index in [0.29, 0.717) is 0 Å². The minimum absolute atomic E-state index is 0.124. The van der Waals surface area contributed by atoms with Crippen LogP contribution in [0, 0.1) is 40.4 Å². The molecular formula is C16H15F3N2O5. The molecule has 1 aliphatic carbocycles. The van der Waals surface area contributed by atoms with Crippen LogP contribution < -0.4 is 0 Å². The van der Waals surface area contributed by atoms with E-state index in [1.54, 1.807) is 0 Å². The van der Waals surface area contributed by atoms with Gasteiger partial charge in [0.2, 0.25) is 5.82 Å². The zero-order valence-corrected chi connectivity index (χ0v) is 13.9. The predicted molar refractivity (Wildman–Crippen MR) is 83.7 cm³/mol. The van der Waals surface area contributed by atoms with E-state index in [-0.39, 0.29) is 6.04 Å². The molecule has 7 nitrogen and oxygen atoms in total. The van der Waals surface area contributed by atoms with E-state index in [4.69, 9.17) is 0 Å². The summed E-state index contributed by atoms with van der Waals surface area (Å²) >= 11 is 0. The van der Waals surface area contributed by atoms with E-state index in [1.807, 2.05) is 0 Å². The number of carbonyl (C=O) groups is 2. The third-order valence-corrected chi connectivity index (χ3v) is 4.20. The number of aliphatic imine (C=N–C) groups is 1. The second-order valence-electron chi connectivity index (χ2n) is 5.80. The average Bonchev–Trinajstić information content (AvgIpc) is 2.56. The Kier molecular flexibility index (Phi) is 5.73. The Bertz CT molecular complexity index is 806. The van der Waals surface area contributed by atoms with Crippen LogP contribution in [0.5, 0.6) is 0 Å². The molecule has 140 valence electrons. The van der Waals surface area contributed by atoms with Crippen molar-refractivity contribution in [3.8, 4) is 0 Å². The predicted octanol–water partition coefficient (Wildman–Crippen LogP) is 2.92. The van der Waals surface area contributed by atoms with E-state index in [2.05, 4.69) is 9.73 Å². The van der Waals surface area contributed by atoms with Crippen molar-refractivity contribution in [3.05, 3.63) is 38.7 Å². The Hall–Kier alpha value is -2.78. The van der Waals surface area contributed by atoms with Crippen molar-refractivity contribution in [1.29, 1.82) is 0 Å². The Morgan fingerprint density at radius 1 is 1.27 bits per heavy atom. The van der Waals surface area contributed by atoms with Crippen LogP contribution in [-0.4, -0.2) is 36.0 Å². The van der Waals surface area contributed by atoms with Crippen LogP contribution in [0.1, 0.15) is 35.2 Å². The van der Waals surface area contributed by atoms with Gasteiger partial charge in [-0.3, -0.25) is 24.7 Å². The Balaban J connectivity index is 2.59. The summed E-state index contributed by atoms with van der Waals surface area (Å²) in [5, 5.41) is 11.1. The third-order valence-electron chi connectivity index (χ3n) is 4.20. The van der Waals surface area contributed by atoms with Crippen LogP contribution in [0.15, 0.2) is 4.99 Å². The molecule has 1 atom stereocenters. The SMILES string of the molecule is COC(=O)C(C=NC1CCC1)C(=O)c1c(F)c(C)c(F)c(F)c1[N+](=O)[O-]. The highest BCUT2D eigenvalue weighted by Gasteiger charge is 2.39. The van der Waals surface area contributed by atoms with Crippen LogP contribution in [0.25, 0.3) is 0 Å². The van der Waals surface area contributed by atoms with Gasteiger partial charge in [0.05, 0.1) is 12.0 Å². The molecule has 0 bridgehead atoms. The van der Waals surface area contributed by atoms with Crippen molar-refractivity contribution in [2.24, 2.45) is 10.9 Å². The number of nitro benzene ring substituents is 1. The van der Waals surface area contributed by atoms with Gasteiger partial charge in [0.1, 0.15) is 11.4 Å². The molecule has 10 heteroatoms. The molecular weight excluding hydrogens is 357 g/mol. The fraction of sp³-hybridized carbons (Fsp3) is 0.438. The number of benzene rings is 1. The van der Waals surface area contributed by atoms with Gasteiger partial charge in [-0.2, -0.15) is 4.39 Å². The Morgan fingerprint density at radius 3 is 2.35 bits per heavy atom. The quantitative estimate of drug-likeness (QED) is 0.145. The second-order valence-corrected chi connectivity index (χ2v) is 5.80. The smallest absolute Gasteiger partial charge is 0.322 e. The van der Waals surface area contributed by atoms with E-state index in [9.17, 15) is 32.9 Å². The van der Waals surface area contributed by atoms with Crippen molar-refractivity contribution >= 4 is 23.7 Å². The zero-order valence-electron chi connectivity index (χ0n) is 13.9. The third kappa shape index (κ3) is 3.44. The number of ketones is 1. The van der Waals surface area contributed by atoms with Crippen LogP contribution in [0.3, 0.4) is 0 Å². The maximum Gasteiger partial charge on any atom is 0.322 e. The minimum Gasteiger partial charge on any atom is -0.468 e. The number of nitrogens with zero attached hydrogens (tertiary/aromatic N) is 2. The normalized spacial score (nSPS) is 15.6. The summed E-state index contributed by atoms with van der Waals surface area (Å²) in [5.41, 5.74) is -3.89. The fourth-order valence-corrected chi connectivity index (χ4v) is 2.42. The number of Topliss-reactive ketones (excluding diaryl/α,β-unsaturated/α-hetero) is 1. The average molecular weight is 372 g/mol.